The van der Waals surface area contributed by atoms with Gasteiger partial charge in [-0.15, -0.1) is 11.3 Å². The topological polar surface area (TPSA) is 58.0 Å². The summed E-state index contributed by atoms with van der Waals surface area (Å²) in [5.41, 5.74) is 1.46. The number of hydrogen-bond donors (Lipinski definition) is 2. The van der Waals surface area contributed by atoms with Crippen LogP contribution >= 0.6 is 11.3 Å². The standard InChI is InChI=1S/C20H23N3OS/c1-14-22-16-12-17(20(24)10-6-3-7-11-20)25-18(16)19(23-14)21-13-15-8-4-2-5-9-15/h2,4-5,8-9,12,24H,3,6-7,10-11,13H2,1H3,(H,21,22,23). The normalized spacial score (nSPS) is 16.9. The summed E-state index contributed by atoms with van der Waals surface area (Å²) in [5, 5.41) is 14.5. The van der Waals surface area contributed by atoms with Gasteiger partial charge in [-0.3, -0.25) is 0 Å². The van der Waals surface area contributed by atoms with E-state index in [1.165, 1.54) is 12.0 Å². The Morgan fingerprint density at radius 1 is 1.12 bits per heavy atom. The summed E-state index contributed by atoms with van der Waals surface area (Å²) in [6.45, 7) is 2.64. The number of aliphatic hydroxyl groups is 1. The van der Waals surface area contributed by atoms with Gasteiger partial charge in [0.05, 0.1) is 15.8 Å². The zero-order valence-corrected chi connectivity index (χ0v) is 15.3. The molecule has 0 spiro atoms. The molecule has 1 aliphatic rings. The molecule has 4 nitrogen and oxygen atoms in total. The van der Waals surface area contributed by atoms with Crippen LogP contribution in [0.25, 0.3) is 10.2 Å². The predicted molar refractivity (Wildman–Crippen MR) is 103 cm³/mol. The summed E-state index contributed by atoms with van der Waals surface area (Å²) < 4.78 is 1.04. The first kappa shape index (κ1) is 16.5. The molecule has 0 amide bonds. The Bertz CT molecular complexity index is 869. The number of rotatable bonds is 4. The first-order chi connectivity index (χ1) is 12.1. The van der Waals surface area contributed by atoms with Gasteiger partial charge in [0.15, 0.2) is 0 Å². The van der Waals surface area contributed by atoms with Crippen molar-refractivity contribution in [2.75, 3.05) is 5.32 Å². The van der Waals surface area contributed by atoms with Crippen molar-refractivity contribution in [3.8, 4) is 0 Å². The second-order valence-electron chi connectivity index (χ2n) is 6.88. The molecule has 2 aromatic heterocycles. The summed E-state index contributed by atoms with van der Waals surface area (Å²) in [5.74, 6) is 1.62. The van der Waals surface area contributed by atoms with Crippen molar-refractivity contribution < 1.29 is 5.11 Å². The Balaban J connectivity index is 1.67. The lowest BCUT2D eigenvalue weighted by Gasteiger charge is -2.30. The highest BCUT2D eigenvalue weighted by Crippen LogP contribution is 2.43. The number of anilines is 1. The second kappa shape index (κ2) is 6.73. The van der Waals surface area contributed by atoms with Crippen molar-refractivity contribution in [1.29, 1.82) is 0 Å². The fourth-order valence-electron chi connectivity index (χ4n) is 3.56. The van der Waals surface area contributed by atoms with Crippen molar-refractivity contribution in [2.45, 2.75) is 51.2 Å². The van der Waals surface area contributed by atoms with E-state index in [4.69, 9.17) is 0 Å². The maximum atomic E-state index is 11.1. The van der Waals surface area contributed by atoms with Crippen LogP contribution in [0.2, 0.25) is 0 Å². The van der Waals surface area contributed by atoms with E-state index in [1.807, 2.05) is 25.1 Å². The number of hydrogen-bond acceptors (Lipinski definition) is 5. The van der Waals surface area contributed by atoms with Gasteiger partial charge in [-0.05, 0) is 31.4 Å². The van der Waals surface area contributed by atoms with Gasteiger partial charge >= 0.3 is 0 Å². The van der Waals surface area contributed by atoms with Crippen molar-refractivity contribution >= 4 is 27.4 Å². The van der Waals surface area contributed by atoms with Gasteiger partial charge in [0.25, 0.3) is 0 Å². The molecule has 1 aromatic carbocycles. The molecule has 0 radical (unpaired) electrons. The maximum absolute atomic E-state index is 11.1. The highest BCUT2D eigenvalue weighted by Gasteiger charge is 2.33. The van der Waals surface area contributed by atoms with Crippen LogP contribution in [0.4, 0.5) is 5.82 Å². The van der Waals surface area contributed by atoms with Crippen molar-refractivity contribution in [2.24, 2.45) is 0 Å². The van der Waals surface area contributed by atoms with Gasteiger partial charge < -0.3 is 10.4 Å². The monoisotopic (exact) mass is 353 g/mol. The Hall–Kier alpha value is -1.98. The van der Waals surface area contributed by atoms with Crippen molar-refractivity contribution in [3.63, 3.8) is 0 Å². The second-order valence-corrected chi connectivity index (χ2v) is 7.93. The fourth-order valence-corrected chi connectivity index (χ4v) is 4.77. The summed E-state index contributed by atoms with van der Waals surface area (Å²) in [4.78, 5) is 10.2. The molecule has 3 aromatic rings. The first-order valence-corrected chi connectivity index (χ1v) is 9.75. The quantitative estimate of drug-likeness (QED) is 0.710. The Morgan fingerprint density at radius 2 is 1.88 bits per heavy atom. The van der Waals surface area contributed by atoms with Gasteiger partial charge in [0, 0.05) is 11.4 Å². The maximum Gasteiger partial charge on any atom is 0.148 e. The minimum atomic E-state index is -0.686. The minimum Gasteiger partial charge on any atom is -0.384 e. The molecule has 2 N–H and O–H groups in total. The van der Waals surface area contributed by atoms with Crippen LogP contribution in [0.1, 0.15) is 48.4 Å². The zero-order valence-electron chi connectivity index (χ0n) is 14.5. The largest absolute Gasteiger partial charge is 0.384 e. The highest BCUT2D eigenvalue weighted by atomic mass is 32.1. The molecule has 5 heteroatoms. The van der Waals surface area contributed by atoms with Crippen LogP contribution in [0, 0.1) is 6.92 Å². The molecule has 1 saturated carbocycles. The van der Waals surface area contributed by atoms with E-state index < -0.39 is 5.60 Å². The van der Waals surface area contributed by atoms with Crippen molar-refractivity contribution in [3.05, 3.63) is 52.7 Å². The third kappa shape index (κ3) is 3.39. The van der Waals surface area contributed by atoms with Crippen LogP contribution in [-0.4, -0.2) is 15.1 Å². The molecule has 1 fully saturated rings. The molecule has 1 aliphatic carbocycles. The lowest BCUT2D eigenvalue weighted by atomic mass is 9.84. The van der Waals surface area contributed by atoms with E-state index >= 15 is 0 Å². The molecule has 4 rings (SSSR count). The summed E-state index contributed by atoms with van der Waals surface area (Å²) in [6, 6.07) is 12.4. The molecule has 2 heterocycles. The average molecular weight is 353 g/mol. The van der Waals surface area contributed by atoms with Crippen LogP contribution < -0.4 is 5.32 Å². The summed E-state index contributed by atoms with van der Waals surface area (Å²) in [7, 11) is 0. The molecule has 0 saturated heterocycles. The summed E-state index contributed by atoms with van der Waals surface area (Å²) in [6.07, 6.45) is 5.09. The van der Waals surface area contributed by atoms with Crippen LogP contribution in [0.3, 0.4) is 0 Å². The first-order valence-electron chi connectivity index (χ1n) is 8.93. The zero-order chi connectivity index (χ0) is 17.3. The molecule has 0 unspecified atom stereocenters. The predicted octanol–water partition coefficient (Wildman–Crippen LogP) is 4.76. The molecule has 25 heavy (non-hydrogen) atoms. The number of nitrogens with zero attached hydrogens (tertiary/aromatic N) is 2. The van der Waals surface area contributed by atoms with Crippen LogP contribution in [0.5, 0.6) is 0 Å². The Labute approximate surface area is 152 Å². The molecule has 0 bridgehead atoms. The Kier molecular flexibility index (Phi) is 4.44. The fraction of sp³-hybridized carbons (Fsp3) is 0.400. The molecule has 130 valence electrons. The average Bonchev–Trinajstić information content (AvgIpc) is 3.06. The van der Waals surface area contributed by atoms with E-state index in [9.17, 15) is 5.11 Å². The number of benzene rings is 1. The molecular weight excluding hydrogens is 330 g/mol. The van der Waals surface area contributed by atoms with E-state index in [0.29, 0.717) is 0 Å². The molecule has 0 atom stereocenters. The minimum absolute atomic E-state index is 0.686. The number of aromatic nitrogens is 2. The van der Waals surface area contributed by atoms with Gasteiger partial charge in [-0.1, -0.05) is 49.6 Å². The number of aryl methyl sites for hydroxylation is 1. The summed E-state index contributed by atoms with van der Waals surface area (Å²) >= 11 is 1.64. The third-order valence-corrected chi connectivity index (χ3v) is 6.25. The number of nitrogens with one attached hydrogen (secondary N) is 1. The van der Waals surface area contributed by atoms with Crippen LogP contribution in [-0.2, 0) is 12.1 Å². The third-order valence-electron chi connectivity index (χ3n) is 4.93. The van der Waals surface area contributed by atoms with E-state index in [-0.39, 0.29) is 0 Å². The van der Waals surface area contributed by atoms with Crippen LogP contribution in [0.15, 0.2) is 36.4 Å². The van der Waals surface area contributed by atoms with E-state index in [2.05, 4.69) is 33.5 Å². The van der Waals surface area contributed by atoms with Gasteiger partial charge in [0.1, 0.15) is 11.6 Å². The number of thiophene rings is 1. The number of fused-ring (bicyclic) bond motifs is 1. The van der Waals surface area contributed by atoms with Gasteiger partial charge in [-0.2, -0.15) is 0 Å². The SMILES string of the molecule is Cc1nc(NCc2ccccc2)c2sc(C3(O)CCCCC3)cc2n1. The van der Waals surface area contributed by atoms with E-state index in [0.717, 1.165) is 59.0 Å². The highest BCUT2D eigenvalue weighted by molar-refractivity contribution is 7.19. The smallest absolute Gasteiger partial charge is 0.148 e. The molecular formula is C20H23N3OS. The van der Waals surface area contributed by atoms with E-state index in [1.54, 1.807) is 11.3 Å². The van der Waals surface area contributed by atoms with Gasteiger partial charge in [-0.25, -0.2) is 9.97 Å². The Morgan fingerprint density at radius 3 is 2.64 bits per heavy atom. The lowest BCUT2D eigenvalue weighted by Crippen LogP contribution is -2.27. The van der Waals surface area contributed by atoms with Gasteiger partial charge in [0.2, 0.25) is 0 Å². The lowest BCUT2D eigenvalue weighted by molar-refractivity contribution is 0.00289. The molecule has 0 aliphatic heterocycles. The van der Waals surface area contributed by atoms with Crippen molar-refractivity contribution in [1.82, 2.24) is 9.97 Å².